The summed E-state index contributed by atoms with van der Waals surface area (Å²) in [6.45, 7) is 2.61. The van der Waals surface area contributed by atoms with Gasteiger partial charge in [-0.05, 0) is 36.9 Å². The van der Waals surface area contributed by atoms with Crippen LogP contribution in [0.15, 0.2) is 24.3 Å². The fourth-order valence-corrected chi connectivity index (χ4v) is 2.03. The van der Waals surface area contributed by atoms with E-state index in [9.17, 15) is 4.79 Å². The van der Waals surface area contributed by atoms with Crippen LogP contribution in [0.2, 0.25) is 0 Å². The molecule has 0 bridgehead atoms. The standard InChI is InChI=1S/C16H25NO3/c1-19-11-7-3-6-10-17-13-15-9-5-4-8-14(15)12-16(18)20-2/h4-5,8-9,17H,3,6-7,10-13H2,1-2H3. The number of rotatable bonds is 10. The first-order valence-corrected chi connectivity index (χ1v) is 7.11. The van der Waals surface area contributed by atoms with Crippen molar-refractivity contribution < 1.29 is 14.3 Å². The summed E-state index contributed by atoms with van der Waals surface area (Å²) in [5.41, 5.74) is 2.20. The highest BCUT2D eigenvalue weighted by atomic mass is 16.5. The van der Waals surface area contributed by atoms with Crippen LogP contribution in [0.4, 0.5) is 0 Å². The van der Waals surface area contributed by atoms with E-state index < -0.39 is 0 Å². The summed E-state index contributed by atoms with van der Waals surface area (Å²) in [4.78, 5) is 11.4. The minimum absolute atomic E-state index is 0.197. The number of esters is 1. The van der Waals surface area contributed by atoms with Crippen LogP contribution in [0.5, 0.6) is 0 Å². The maximum atomic E-state index is 11.4. The van der Waals surface area contributed by atoms with Crippen LogP contribution in [0, 0.1) is 0 Å². The second-order valence-corrected chi connectivity index (χ2v) is 4.75. The summed E-state index contributed by atoms with van der Waals surface area (Å²) < 4.78 is 9.74. The number of hydrogen-bond donors (Lipinski definition) is 1. The highest BCUT2D eigenvalue weighted by molar-refractivity contribution is 5.72. The first-order valence-electron chi connectivity index (χ1n) is 7.11. The number of hydrogen-bond acceptors (Lipinski definition) is 4. The fourth-order valence-electron chi connectivity index (χ4n) is 2.03. The predicted molar refractivity (Wildman–Crippen MR) is 79.6 cm³/mol. The van der Waals surface area contributed by atoms with E-state index in [1.807, 2.05) is 18.2 Å². The molecule has 4 nitrogen and oxygen atoms in total. The number of benzene rings is 1. The summed E-state index contributed by atoms with van der Waals surface area (Å²) in [5, 5.41) is 3.42. The smallest absolute Gasteiger partial charge is 0.309 e. The topological polar surface area (TPSA) is 47.6 Å². The minimum Gasteiger partial charge on any atom is -0.469 e. The second kappa shape index (κ2) is 10.4. The van der Waals surface area contributed by atoms with Crippen LogP contribution in [-0.4, -0.2) is 33.3 Å². The van der Waals surface area contributed by atoms with Gasteiger partial charge in [0.2, 0.25) is 0 Å². The minimum atomic E-state index is -0.197. The Hall–Kier alpha value is -1.39. The molecule has 20 heavy (non-hydrogen) atoms. The molecule has 0 amide bonds. The Balaban J connectivity index is 2.30. The zero-order valence-electron chi connectivity index (χ0n) is 12.5. The SMILES string of the molecule is COCCCCCNCc1ccccc1CC(=O)OC. The van der Waals surface area contributed by atoms with Crippen molar-refractivity contribution >= 4 is 5.97 Å². The average Bonchev–Trinajstić information content (AvgIpc) is 2.47. The lowest BCUT2D eigenvalue weighted by Crippen LogP contribution is -2.17. The van der Waals surface area contributed by atoms with Crippen molar-refractivity contribution in [3.8, 4) is 0 Å². The molecule has 1 rings (SSSR count). The lowest BCUT2D eigenvalue weighted by atomic mass is 10.0. The molecule has 0 atom stereocenters. The monoisotopic (exact) mass is 279 g/mol. The molecule has 0 saturated carbocycles. The van der Waals surface area contributed by atoms with Crippen LogP contribution >= 0.6 is 0 Å². The summed E-state index contributed by atoms with van der Waals surface area (Å²) in [7, 11) is 3.15. The quantitative estimate of drug-likeness (QED) is 0.527. The van der Waals surface area contributed by atoms with Crippen molar-refractivity contribution in [2.75, 3.05) is 27.4 Å². The van der Waals surface area contributed by atoms with Crippen molar-refractivity contribution in [3.63, 3.8) is 0 Å². The van der Waals surface area contributed by atoms with Crippen molar-refractivity contribution in [1.29, 1.82) is 0 Å². The molecule has 0 aliphatic rings. The van der Waals surface area contributed by atoms with Crippen LogP contribution in [-0.2, 0) is 27.2 Å². The summed E-state index contributed by atoms with van der Waals surface area (Å²) in [6.07, 6.45) is 3.76. The molecule has 112 valence electrons. The molecule has 1 N–H and O–H groups in total. The number of ether oxygens (including phenoxy) is 2. The zero-order valence-corrected chi connectivity index (χ0v) is 12.5. The Bertz CT molecular complexity index is 393. The number of carbonyl (C=O) groups excluding carboxylic acids is 1. The highest BCUT2D eigenvalue weighted by Gasteiger charge is 2.07. The maximum Gasteiger partial charge on any atom is 0.309 e. The van der Waals surface area contributed by atoms with Gasteiger partial charge in [-0.15, -0.1) is 0 Å². The molecule has 4 heteroatoms. The normalized spacial score (nSPS) is 10.5. The van der Waals surface area contributed by atoms with E-state index in [-0.39, 0.29) is 5.97 Å². The van der Waals surface area contributed by atoms with Crippen LogP contribution in [0.1, 0.15) is 30.4 Å². The van der Waals surface area contributed by atoms with E-state index in [1.165, 1.54) is 13.5 Å². The Labute approximate surface area is 121 Å². The van der Waals surface area contributed by atoms with Gasteiger partial charge in [0.25, 0.3) is 0 Å². The molecule has 0 aliphatic carbocycles. The molecule has 0 fully saturated rings. The van der Waals surface area contributed by atoms with Crippen molar-refractivity contribution in [2.24, 2.45) is 0 Å². The summed E-state index contributed by atoms with van der Waals surface area (Å²) in [5.74, 6) is -0.197. The molecule has 0 heterocycles. The highest BCUT2D eigenvalue weighted by Crippen LogP contribution is 2.10. The van der Waals surface area contributed by atoms with E-state index in [1.54, 1.807) is 7.11 Å². The molecule has 1 aromatic rings. The van der Waals surface area contributed by atoms with Gasteiger partial charge >= 0.3 is 5.97 Å². The maximum absolute atomic E-state index is 11.4. The second-order valence-electron chi connectivity index (χ2n) is 4.75. The first-order chi connectivity index (χ1) is 9.77. The zero-order chi connectivity index (χ0) is 14.6. The van der Waals surface area contributed by atoms with Crippen molar-refractivity contribution in [1.82, 2.24) is 5.32 Å². The van der Waals surface area contributed by atoms with Gasteiger partial charge in [0.15, 0.2) is 0 Å². The molecular weight excluding hydrogens is 254 g/mol. The number of methoxy groups -OCH3 is 2. The lowest BCUT2D eigenvalue weighted by Gasteiger charge is -2.10. The van der Waals surface area contributed by atoms with Crippen LogP contribution < -0.4 is 5.32 Å². The third-order valence-corrected chi connectivity index (χ3v) is 3.20. The predicted octanol–water partition coefficient (Wildman–Crippen LogP) is 2.31. The van der Waals surface area contributed by atoms with Gasteiger partial charge in [-0.25, -0.2) is 0 Å². The Morgan fingerprint density at radius 2 is 1.85 bits per heavy atom. The Kier molecular flexibility index (Phi) is 8.67. The molecule has 0 saturated heterocycles. The number of nitrogens with one attached hydrogen (secondary N) is 1. The molecule has 0 aliphatic heterocycles. The van der Waals surface area contributed by atoms with Gasteiger partial charge in [-0.1, -0.05) is 24.3 Å². The fraction of sp³-hybridized carbons (Fsp3) is 0.562. The van der Waals surface area contributed by atoms with Gasteiger partial charge in [-0.2, -0.15) is 0 Å². The molecule has 0 spiro atoms. The number of carbonyl (C=O) groups is 1. The molecule has 0 unspecified atom stereocenters. The van der Waals surface area contributed by atoms with Gasteiger partial charge in [0.1, 0.15) is 0 Å². The van der Waals surface area contributed by atoms with Crippen LogP contribution in [0.25, 0.3) is 0 Å². The third-order valence-electron chi connectivity index (χ3n) is 3.20. The summed E-state index contributed by atoms with van der Waals surface area (Å²) >= 11 is 0. The van der Waals surface area contributed by atoms with Crippen LogP contribution in [0.3, 0.4) is 0 Å². The van der Waals surface area contributed by atoms with E-state index in [2.05, 4.69) is 11.4 Å². The molecule has 0 aromatic heterocycles. The Morgan fingerprint density at radius 3 is 2.55 bits per heavy atom. The Morgan fingerprint density at radius 1 is 1.10 bits per heavy atom. The number of unbranched alkanes of at least 4 members (excludes halogenated alkanes) is 2. The van der Waals surface area contributed by atoms with Gasteiger partial charge in [0, 0.05) is 20.3 Å². The van der Waals surface area contributed by atoms with E-state index in [4.69, 9.17) is 9.47 Å². The lowest BCUT2D eigenvalue weighted by molar-refractivity contribution is -0.139. The summed E-state index contributed by atoms with van der Waals surface area (Å²) in [6, 6.07) is 7.98. The van der Waals surface area contributed by atoms with E-state index >= 15 is 0 Å². The van der Waals surface area contributed by atoms with E-state index in [0.29, 0.717) is 6.42 Å². The molecule has 1 aromatic carbocycles. The molecule has 0 radical (unpaired) electrons. The van der Waals surface area contributed by atoms with Crippen molar-refractivity contribution in [3.05, 3.63) is 35.4 Å². The third kappa shape index (κ3) is 6.68. The first kappa shape index (κ1) is 16.7. The van der Waals surface area contributed by atoms with Gasteiger partial charge in [0.05, 0.1) is 13.5 Å². The van der Waals surface area contributed by atoms with Crippen molar-refractivity contribution in [2.45, 2.75) is 32.2 Å². The van der Waals surface area contributed by atoms with Gasteiger partial charge in [-0.3, -0.25) is 4.79 Å². The van der Waals surface area contributed by atoms with E-state index in [0.717, 1.165) is 43.7 Å². The largest absolute Gasteiger partial charge is 0.469 e. The van der Waals surface area contributed by atoms with Gasteiger partial charge < -0.3 is 14.8 Å². The molecular formula is C16H25NO3. The average molecular weight is 279 g/mol.